The molecule has 1 radical (unpaired) electrons. The molecule has 0 aliphatic carbocycles. The molecule has 0 amide bonds. The molecule has 0 fully saturated rings. The van der Waals surface area contributed by atoms with Gasteiger partial charge in [0, 0.05) is 17.1 Å². The molecular weight excluding hydrogens is 128 g/mol. The SMILES string of the molecule is CC(C)(C)O.[Cu]. The first-order chi connectivity index (χ1) is 2.00. The third kappa shape index (κ3) is 236. The summed E-state index contributed by atoms with van der Waals surface area (Å²) in [4.78, 5) is 0. The molecule has 2 heteroatoms. The molecule has 0 saturated heterocycles. The third-order valence-electron chi connectivity index (χ3n) is 0. The van der Waals surface area contributed by atoms with Crippen molar-refractivity contribution in [2.45, 2.75) is 26.4 Å². The molecule has 0 aromatic carbocycles. The minimum absolute atomic E-state index is 0. The van der Waals surface area contributed by atoms with Gasteiger partial charge in [-0.05, 0) is 20.8 Å². The van der Waals surface area contributed by atoms with Gasteiger partial charge < -0.3 is 5.11 Å². The molecule has 1 nitrogen and oxygen atoms in total. The monoisotopic (exact) mass is 137 g/mol. The van der Waals surface area contributed by atoms with Gasteiger partial charge in [-0.2, -0.15) is 0 Å². The average molecular weight is 138 g/mol. The molecular formula is C4H10CuO. The van der Waals surface area contributed by atoms with E-state index in [9.17, 15) is 0 Å². The van der Waals surface area contributed by atoms with Crippen LogP contribution in [0.25, 0.3) is 0 Å². The first-order valence-electron chi connectivity index (χ1n) is 1.72. The van der Waals surface area contributed by atoms with E-state index < -0.39 is 5.60 Å². The number of aliphatic hydroxyl groups is 1. The molecule has 0 aliphatic rings. The summed E-state index contributed by atoms with van der Waals surface area (Å²) in [5.74, 6) is 0. The topological polar surface area (TPSA) is 20.2 Å². The summed E-state index contributed by atoms with van der Waals surface area (Å²) in [7, 11) is 0. The number of hydrogen-bond acceptors (Lipinski definition) is 1. The Morgan fingerprint density at radius 3 is 1.17 bits per heavy atom. The van der Waals surface area contributed by atoms with Gasteiger partial charge in [-0.25, -0.2) is 0 Å². The second kappa shape index (κ2) is 2.62. The number of rotatable bonds is 0. The Kier molecular flexibility index (Phi) is 4.23. The normalized spacial score (nSPS) is 10.0. The van der Waals surface area contributed by atoms with Crippen molar-refractivity contribution in [1.29, 1.82) is 0 Å². The van der Waals surface area contributed by atoms with Crippen LogP contribution in [0.2, 0.25) is 0 Å². The summed E-state index contributed by atoms with van der Waals surface area (Å²) in [5, 5.41) is 8.52. The zero-order chi connectivity index (χ0) is 4.50. The Morgan fingerprint density at radius 1 is 1.17 bits per heavy atom. The molecule has 1 N–H and O–H groups in total. The molecule has 0 aliphatic heterocycles. The van der Waals surface area contributed by atoms with E-state index in [1.54, 1.807) is 20.8 Å². The molecule has 0 unspecified atom stereocenters. The summed E-state index contributed by atoms with van der Waals surface area (Å²) in [6.45, 7) is 5.23. The second-order valence-corrected chi connectivity index (χ2v) is 2.17. The largest absolute Gasteiger partial charge is 0.391 e. The molecule has 43 valence electrons. The fourth-order valence-electron chi connectivity index (χ4n) is 0. The van der Waals surface area contributed by atoms with E-state index in [-0.39, 0.29) is 17.1 Å². The van der Waals surface area contributed by atoms with E-state index in [4.69, 9.17) is 5.11 Å². The van der Waals surface area contributed by atoms with Gasteiger partial charge >= 0.3 is 0 Å². The first kappa shape index (κ1) is 9.70. The maximum atomic E-state index is 8.52. The quantitative estimate of drug-likeness (QED) is 0.490. The Balaban J connectivity index is 0. The summed E-state index contributed by atoms with van der Waals surface area (Å²) in [6, 6.07) is 0. The Labute approximate surface area is 49.2 Å². The van der Waals surface area contributed by atoms with Gasteiger partial charge in [0.1, 0.15) is 0 Å². The molecule has 0 aromatic rings. The Bertz CT molecular complexity index is 23.0. The van der Waals surface area contributed by atoms with E-state index in [0.717, 1.165) is 0 Å². The molecule has 0 saturated carbocycles. The third-order valence-corrected chi connectivity index (χ3v) is 0. The van der Waals surface area contributed by atoms with Crippen molar-refractivity contribution < 1.29 is 22.2 Å². The summed E-state index contributed by atoms with van der Waals surface area (Å²) in [5.41, 5.74) is -0.500. The van der Waals surface area contributed by atoms with Crippen LogP contribution in [0.4, 0.5) is 0 Å². The van der Waals surface area contributed by atoms with E-state index in [0.29, 0.717) is 0 Å². The molecule has 0 aromatic heterocycles. The minimum Gasteiger partial charge on any atom is -0.391 e. The van der Waals surface area contributed by atoms with Crippen LogP contribution in [0.3, 0.4) is 0 Å². The van der Waals surface area contributed by atoms with Gasteiger partial charge in [-0.3, -0.25) is 0 Å². The van der Waals surface area contributed by atoms with E-state index >= 15 is 0 Å². The molecule has 6 heavy (non-hydrogen) atoms. The van der Waals surface area contributed by atoms with Crippen LogP contribution in [-0.2, 0) is 17.1 Å². The van der Waals surface area contributed by atoms with Crippen molar-refractivity contribution in [3.63, 3.8) is 0 Å². The molecule has 0 atom stereocenters. The van der Waals surface area contributed by atoms with Gasteiger partial charge in [-0.1, -0.05) is 0 Å². The van der Waals surface area contributed by atoms with Crippen LogP contribution in [0, 0.1) is 0 Å². The second-order valence-electron chi connectivity index (χ2n) is 2.17. The predicted molar refractivity (Wildman–Crippen MR) is 22.0 cm³/mol. The summed E-state index contributed by atoms with van der Waals surface area (Å²) in [6.07, 6.45) is 0. The Morgan fingerprint density at radius 2 is 1.17 bits per heavy atom. The number of hydrogen-bond donors (Lipinski definition) is 1. The molecule has 0 spiro atoms. The smallest absolute Gasteiger partial charge is 0.0563 e. The van der Waals surface area contributed by atoms with Crippen LogP contribution in [0.15, 0.2) is 0 Å². The molecule has 0 heterocycles. The van der Waals surface area contributed by atoms with Crippen molar-refractivity contribution in [2.24, 2.45) is 0 Å². The molecule has 0 rings (SSSR count). The standard InChI is InChI=1S/C4H10O.Cu/c1-4(2,3)5;/h5H,1-3H3;. The zero-order valence-corrected chi connectivity index (χ0v) is 5.19. The van der Waals surface area contributed by atoms with Crippen molar-refractivity contribution in [3.8, 4) is 0 Å². The van der Waals surface area contributed by atoms with Gasteiger partial charge in [0.15, 0.2) is 0 Å². The van der Waals surface area contributed by atoms with Gasteiger partial charge in [0.25, 0.3) is 0 Å². The maximum Gasteiger partial charge on any atom is 0.0563 e. The van der Waals surface area contributed by atoms with Gasteiger partial charge in [-0.15, -0.1) is 0 Å². The maximum absolute atomic E-state index is 8.52. The van der Waals surface area contributed by atoms with Crippen molar-refractivity contribution in [1.82, 2.24) is 0 Å². The first-order valence-corrected chi connectivity index (χ1v) is 1.72. The predicted octanol–water partition coefficient (Wildman–Crippen LogP) is 0.775. The van der Waals surface area contributed by atoms with Crippen LogP contribution in [-0.4, -0.2) is 10.7 Å². The van der Waals surface area contributed by atoms with E-state index in [2.05, 4.69) is 0 Å². The van der Waals surface area contributed by atoms with Crippen LogP contribution in [0.5, 0.6) is 0 Å². The fraction of sp³-hybridized carbons (Fsp3) is 1.00. The molecule has 0 bridgehead atoms. The van der Waals surface area contributed by atoms with Crippen LogP contribution >= 0.6 is 0 Å². The minimum atomic E-state index is -0.500. The summed E-state index contributed by atoms with van der Waals surface area (Å²) >= 11 is 0. The van der Waals surface area contributed by atoms with E-state index in [1.807, 2.05) is 0 Å². The van der Waals surface area contributed by atoms with Crippen molar-refractivity contribution in [3.05, 3.63) is 0 Å². The van der Waals surface area contributed by atoms with E-state index in [1.165, 1.54) is 0 Å². The fourth-order valence-corrected chi connectivity index (χ4v) is 0. The van der Waals surface area contributed by atoms with Crippen molar-refractivity contribution >= 4 is 0 Å². The van der Waals surface area contributed by atoms with Gasteiger partial charge in [0.05, 0.1) is 5.60 Å². The van der Waals surface area contributed by atoms with Crippen molar-refractivity contribution in [2.75, 3.05) is 0 Å². The Hall–Kier alpha value is 0.479. The summed E-state index contributed by atoms with van der Waals surface area (Å²) < 4.78 is 0. The van der Waals surface area contributed by atoms with Crippen LogP contribution in [0.1, 0.15) is 20.8 Å². The zero-order valence-electron chi connectivity index (χ0n) is 4.25. The van der Waals surface area contributed by atoms with Crippen LogP contribution < -0.4 is 0 Å². The average Bonchev–Trinajstić information content (AvgIpc) is 0.722. The van der Waals surface area contributed by atoms with Gasteiger partial charge in [0.2, 0.25) is 0 Å².